The highest BCUT2D eigenvalue weighted by Crippen LogP contribution is 2.37. The van der Waals surface area contributed by atoms with Crippen molar-refractivity contribution in [3.05, 3.63) is 29.3 Å². The number of nitrogens with one attached hydrogen (secondary N) is 1. The summed E-state index contributed by atoms with van der Waals surface area (Å²) in [5.74, 6) is -0.0182. The summed E-state index contributed by atoms with van der Waals surface area (Å²) in [5.41, 5.74) is 1.71. The van der Waals surface area contributed by atoms with Gasteiger partial charge in [-0.15, -0.1) is 0 Å². The molecular formula is C19H28BNO3. The Hall–Kier alpha value is -1.33. The summed E-state index contributed by atoms with van der Waals surface area (Å²) in [6.07, 6.45) is 4.54. The minimum Gasteiger partial charge on any atom is -0.399 e. The maximum atomic E-state index is 12.8. The molecule has 1 saturated heterocycles. The molecule has 1 saturated carbocycles. The van der Waals surface area contributed by atoms with Gasteiger partial charge in [0.1, 0.15) is 0 Å². The van der Waals surface area contributed by atoms with E-state index in [2.05, 4.69) is 5.32 Å². The van der Waals surface area contributed by atoms with Crippen LogP contribution in [0.5, 0.6) is 0 Å². The van der Waals surface area contributed by atoms with Gasteiger partial charge >= 0.3 is 7.12 Å². The fraction of sp³-hybridized carbons (Fsp3) is 0.632. The predicted octanol–water partition coefficient (Wildman–Crippen LogP) is 2.97. The van der Waals surface area contributed by atoms with E-state index in [9.17, 15) is 4.79 Å². The fourth-order valence-electron chi connectivity index (χ4n) is 3.49. The van der Waals surface area contributed by atoms with Crippen LogP contribution in [0.4, 0.5) is 0 Å². The van der Waals surface area contributed by atoms with Gasteiger partial charge in [-0.1, -0.05) is 30.5 Å². The average Bonchev–Trinajstić information content (AvgIpc) is 3.05. The molecule has 0 unspecified atom stereocenters. The van der Waals surface area contributed by atoms with E-state index in [1.807, 2.05) is 52.8 Å². The van der Waals surface area contributed by atoms with Gasteiger partial charge in [0, 0.05) is 11.6 Å². The van der Waals surface area contributed by atoms with Gasteiger partial charge in [0.15, 0.2) is 0 Å². The Morgan fingerprint density at radius 2 is 1.71 bits per heavy atom. The van der Waals surface area contributed by atoms with Crippen molar-refractivity contribution in [1.82, 2.24) is 5.32 Å². The smallest absolute Gasteiger partial charge is 0.399 e. The molecule has 0 spiro atoms. The average molecular weight is 329 g/mol. The largest absolute Gasteiger partial charge is 0.495 e. The molecule has 1 amide bonds. The summed E-state index contributed by atoms with van der Waals surface area (Å²) < 4.78 is 12.4. The number of carbonyl (C=O) groups excluding carboxylic acids is 1. The van der Waals surface area contributed by atoms with Crippen LogP contribution < -0.4 is 10.8 Å². The molecular weight excluding hydrogens is 301 g/mol. The molecule has 0 aromatic heterocycles. The van der Waals surface area contributed by atoms with Crippen molar-refractivity contribution in [2.75, 3.05) is 0 Å². The van der Waals surface area contributed by atoms with Crippen molar-refractivity contribution in [3.8, 4) is 0 Å². The molecule has 130 valence electrons. The van der Waals surface area contributed by atoms with Crippen molar-refractivity contribution in [1.29, 1.82) is 0 Å². The summed E-state index contributed by atoms with van der Waals surface area (Å²) in [7, 11) is -0.513. The SMILES string of the molecule is Cc1cccc(C(=O)NC2CCCC2)c1B1OC(C)(C)C(C)(C)O1. The Balaban J connectivity index is 1.89. The second kappa shape index (κ2) is 6.19. The number of carbonyl (C=O) groups is 1. The number of benzene rings is 1. The highest BCUT2D eigenvalue weighted by Gasteiger charge is 2.52. The van der Waals surface area contributed by atoms with Crippen LogP contribution in [0.2, 0.25) is 0 Å². The van der Waals surface area contributed by atoms with Gasteiger partial charge in [-0.3, -0.25) is 4.79 Å². The third-order valence-electron chi connectivity index (χ3n) is 5.75. The standard InChI is InChI=1S/C19H28BNO3/c1-13-9-8-12-15(17(22)21-14-10-6-7-11-14)16(13)20-23-18(2,3)19(4,5)24-20/h8-9,12,14H,6-7,10-11H2,1-5H3,(H,21,22). The molecule has 1 heterocycles. The van der Waals surface area contributed by atoms with Crippen LogP contribution in [0.15, 0.2) is 18.2 Å². The molecule has 2 fully saturated rings. The van der Waals surface area contributed by atoms with Crippen LogP contribution in [0.1, 0.15) is 69.3 Å². The zero-order chi connectivity index (χ0) is 17.5. The molecule has 1 aromatic carbocycles. The van der Waals surface area contributed by atoms with Gasteiger partial charge in [-0.25, -0.2) is 0 Å². The maximum absolute atomic E-state index is 12.8. The number of aryl methyl sites for hydroxylation is 1. The Bertz CT molecular complexity index is 619. The van der Waals surface area contributed by atoms with E-state index >= 15 is 0 Å². The number of hydrogen-bond acceptors (Lipinski definition) is 3. The maximum Gasteiger partial charge on any atom is 0.495 e. The van der Waals surface area contributed by atoms with Crippen molar-refractivity contribution < 1.29 is 14.1 Å². The molecule has 3 rings (SSSR count). The lowest BCUT2D eigenvalue weighted by Gasteiger charge is -2.32. The molecule has 5 heteroatoms. The summed E-state index contributed by atoms with van der Waals surface area (Å²) in [5, 5.41) is 3.18. The Kier molecular flexibility index (Phi) is 4.52. The molecule has 0 bridgehead atoms. The third-order valence-corrected chi connectivity index (χ3v) is 5.75. The number of rotatable bonds is 3. The fourth-order valence-corrected chi connectivity index (χ4v) is 3.49. The highest BCUT2D eigenvalue weighted by atomic mass is 16.7. The predicted molar refractivity (Wildman–Crippen MR) is 96.6 cm³/mol. The summed E-state index contributed by atoms with van der Waals surface area (Å²) >= 11 is 0. The number of hydrogen-bond donors (Lipinski definition) is 1. The summed E-state index contributed by atoms with van der Waals surface area (Å²) in [6.45, 7) is 10.1. The first kappa shape index (κ1) is 17.5. The quantitative estimate of drug-likeness (QED) is 0.868. The van der Waals surface area contributed by atoms with E-state index in [0.717, 1.165) is 23.9 Å². The van der Waals surface area contributed by atoms with Gasteiger partial charge in [-0.05, 0) is 59.0 Å². The van der Waals surface area contributed by atoms with Crippen LogP contribution in [0, 0.1) is 6.92 Å². The monoisotopic (exact) mass is 329 g/mol. The molecule has 1 aliphatic heterocycles. The van der Waals surface area contributed by atoms with E-state index in [1.54, 1.807) is 0 Å². The lowest BCUT2D eigenvalue weighted by Crippen LogP contribution is -2.43. The second-order valence-corrected chi connectivity index (χ2v) is 8.08. The van der Waals surface area contributed by atoms with Gasteiger partial charge in [-0.2, -0.15) is 0 Å². The van der Waals surface area contributed by atoms with E-state index in [0.29, 0.717) is 11.6 Å². The lowest BCUT2D eigenvalue weighted by molar-refractivity contribution is 0.00578. The Labute approximate surface area is 145 Å². The Morgan fingerprint density at radius 3 is 2.29 bits per heavy atom. The minimum absolute atomic E-state index is 0.0182. The van der Waals surface area contributed by atoms with Crippen LogP contribution >= 0.6 is 0 Å². The van der Waals surface area contributed by atoms with Crippen molar-refractivity contribution >= 4 is 18.5 Å². The minimum atomic E-state index is -0.513. The molecule has 2 aliphatic rings. The summed E-state index contributed by atoms with van der Waals surface area (Å²) in [6, 6.07) is 6.10. The van der Waals surface area contributed by atoms with E-state index in [4.69, 9.17) is 9.31 Å². The third kappa shape index (κ3) is 3.12. The molecule has 0 atom stereocenters. The van der Waals surface area contributed by atoms with Gasteiger partial charge in [0.05, 0.1) is 11.2 Å². The topological polar surface area (TPSA) is 47.6 Å². The van der Waals surface area contributed by atoms with Crippen molar-refractivity contribution in [3.63, 3.8) is 0 Å². The molecule has 4 nitrogen and oxygen atoms in total. The molecule has 1 N–H and O–H groups in total. The summed E-state index contributed by atoms with van der Waals surface area (Å²) in [4.78, 5) is 12.8. The second-order valence-electron chi connectivity index (χ2n) is 8.08. The first-order chi connectivity index (χ1) is 11.2. The first-order valence-electron chi connectivity index (χ1n) is 8.97. The molecule has 24 heavy (non-hydrogen) atoms. The van der Waals surface area contributed by atoms with Gasteiger partial charge in [0.25, 0.3) is 5.91 Å². The van der Waals surface area contributed by atoms with Crippen LogP contribution in [-0.2, 0) is 9.31 Å². The van der Waals surface area contributed by atoms with Crippen LogP contribution in [0.25, 0.3) is 0 Å². The first-order valence-corrected chi connectivity index (χ1v) is 8.97. The molecule has 1 aromatic rings. The molecule has 0 radical (unpaired) electrons. The zero-order valence-electron chi connectivity index (χ0n) is 15.4. The number of amides is 1. The van der Waals surface area contributed by atoms with E-state index in [1.165, 1.54) is 12.8 Å². The van der Waals surface area contributed by atoms with E-state index in [-0.39, 0.29) is 5.91 Å². The Morgan fingerprint density at radius 1 is 1.12 bits per heavy atom. The normalized spacial score (nSPS) is 22.8. The molecule has 1 aliphatic carbocycles. The van der Waals surface area contributed by atoms with Crippen LogP contribution in [0.3, 0.4) is 0 Å². The van der Waals surface area contributed by atoms with Crippen molar-refractivity contribution in [2.45, 2.75) is 77.5 Å². The lowest BCUT2D eigenvalue weighted by atomic mass is 9.73. The zero-order valence-corrected chi connectivity index (χ0v) is 15.4. The van der Waals surface area contributed by atoms with Crippen LogP contribution in [-0.4, -0.2) is 30.3 Å². The highest BCUT2D eigenvalue weighted by molar-refractivity contribution is 6.64. The van der Waals surface area contributed by atoms with Gasteiger partial charge in [0.2, 0.25) is 0 Å². The van der Waals surface area contributed by atoms with Crippen molar-refractivity contribution in [2.24, 2.45) is 0 Å². The van der Waals surface area contributed by atoms with Gasteiger partial charge < -0.3 is 14.6 Å². The van der Waals surface area contributed by atoms with E-state index < -0.39 is 18.3 Å².